The molecule has 0 aromatic heterocycles. The molecule has 1 nitrogen and oxygen atoms in total. The molecule has 1 aromatic rings. The minimum atomic E-state index is -0.354. The van der Waals surface area contributed by atoms with E-state index in [2.05, 4.69) is 22.6 Å². The summed E-state index contributed by atoms with van der Waals surface area (Å²) in [7, 11) is 0. The van der Waals surface area contributed by atoms with Crippen LogP contribution in [0.3, 0.4) is 0 Å². The predicted octanol–water partition coefficient (Wildman–Crippen LogP) is 2.65. The molecule has 0 bridgehead atoms. The lowest BCUT2D eigenvalue weighted by Crippen LogP contribution is -2.10. The summed E-state index contributed by atoms with van der Waals surface area (Å²) in [6.07, 6.45) is 0.403. The molecule has 66 valence electrons. The Morgan fingerprint density at radius 2 is 1.92 bits per heavy atom. The van der Waals surface area contributed by atoms with Gasteiger partial charge < -0.3 is 5.73 Å². The standard InChI is InChI=1S/C9H11FIN/c10-6-5-9(12)7-1-3-8(11)4-2-7/h1-4,9H,5-6,12H2/t9-/m1/s1. The Bertz CT molecular complexity index is 235. The smallest absolute Gasteiger partial charge is 0.0912 e. The van der Waals surface area contributed by atoms with E-state index in [1.165, 1.54) is 3.57 Å². The van der Waals surface area contributed by atoms with Crippen LogP contribution in [0.4, 0.5) is 4.39 Å². The summed E-state index contributed by atoms with van der Waals surface area (Å²) < 4.78 is 13.1. The Hall–Kier alpha value is -0.160. The number of halogens is 2. The van der Waals surface area contributed by atoms with Gasteiger partial charge in [0.2, 0.25) is 0 Å². The van der Waals surface area contributed by atoms with Crippen molar-refractivity contribution in [2.24, 2.45) is 5.73 Å². The van der Waals surface area contributed by atoms with Crippen molar-refractivity contribution in [3.63, 3.8) is 0 Å². The van der Waals surface area contributed by atoms with Crippen LogP contribution < -0.4 is 5.73 Å². The Morgan fingerprint density at radius 3 is 2.42 bits per heavy atom. The van der Waals surface area contributed by atoms with Crippen LogP contribution in [0.5, 0.6) is 0 Å². The number of alkyl halides is 1. The highest BCUT2D eigenvalue weighted by atomic mass is 127. The molecule has 0 saturated heterocycles. The van der Waals surface area contributed by atoms with Crippen LogP contribution in [0.15, 0.2) is 24.3 Å². The highest BCUT2D eigenvalue weighted by molar-refractivity contribution is 14.1. The Labute approximate surface area is 85.3 Å². The van der Waals surface area contributed by atoms with Gasteiger partial charge in [0.25, 0.3) is 0 Å². The summed E-state index contributed by atoms with van der Waals surface area (Å²) in [6, 6.07) is 7.69. The lowest BCUT2D eigenvalue weighted by molar-refractivity contribution is 0.442. The quantitative estimate of drug-likeness (QED) is 0.846. The number of hydrogen-bond acceptors (Lipinski definition) is 1. The molecule has 2 N–H and O–H groups in total. The summed E-state index contributed by atoms with van der Waals surface area (Å²) in [5.74, 6) is 0. The van der Waals surface area contributed by atoms with Gasteiger partial charge in [-0.2, -0.15) is 0 Å². The zero-order valence-corrected chi connectivity index (χ0v) is 8.79. The second-order valence-corrected chi connectivity index (χ2v) is 3.88. The summed E-state index contributed by atoms with van der Waals surface area (Å²) in [4.78, 5) is 0. The van der Waals surface area contributed by atoms with E-state index in [1.54, 1.807) is 0 Å². The fourth-order valence-electron chi connectivity index (χ4n) is 0.994. The highest BCUT2D eigenvalue weighted by Crippen LogP contribution is 2.15. The van der Waals surface area contributed by atoms with E-state index in [9.17, 15) is 4.39 Å². The Balaban J connectivity index is 2.68. The first-order chi connectivity index (χ1) is 5.74. The SMILES string of the molecule is N[C@H](CCF)c1ccc(I)cc1. The highest BCUT2D eigenvalue weighted by Gasteiger charge is 2.04. The third-order valence-electron chi connectivity index (χ3n) is 1.72. The molecule has 1 atom stereocenters. The third-order valence-corrected chi connectivity index (χ3v) is 2.44. The summed E-state index contributed by atoms with van der Waals surface area (Å²) in [5.41, 5.74) is 6.72. The van der Waals surface area contributed by atoms with Crippen LogP contribution in [-0.4, -0.2) is 6.67 Å². The van der Waals surface area contributed by atoms with Gasteiger partial charge >= 0.3 is 0 Å². The average molecular weight is 279 g/mol. The number of hydrogen-bond donors (Lipinski definition) is 1. The summed E-state index contributed by atoms with van der Waals surface area (Å²) in [6.45, 7) is -0.354. The van der Waals surface area contributed by atoms with Gasteiger partial charge in [0.15, 0.2) is 0 Å². The summed E-state index contributed by atoms with van der Waals surface area (Å²) >= 11 is 2.23. The molecular formula is C9H11FIN. The zero-order chi connectivity index (χ0) is 8.97. The van der Waals surface area contributed by atoms with E-state index in [0.717, 1.165) is 5.56 Å². The van der Waals surface area contributed by atoms with E-state index < -0.39 is 0 Å². The van der Waals surface area contributed by atoms with Crippen LogP contribution in [0, 0.1) is 3.57 Å². The molecule has 1 rings (SSSR count). The van der Waals surface area contributed by atoms with Crippen LogP contribution in [0.2, 0.25) is 0 Å². The molecule has 0 amide bonds. The molecule has 0 fully saturated rings. The van der Waals surface area contributed by atoms with Crippen LogP contribution >= 0.6 is 22.6 Å². The molecule has 0 aliphatic rings. The van der Waals surface area contributed by atoms with Crippen molar-refractivity contribution in [1.82, 2.24) is 0 Å². The van der Waals surface area contributed by atoms with E-state index in [0.29, 0.717) is 6.42 Å². The lowest BCUT2D eigenvalue weighted by atomic mass is 10.1. The molecule has 12 heavy (non-hydrogen) atoms. The molecular weight excluding hydrogens is 268 g/mol. The maximum Gasteiger partial charge on any atom is 0.0912 e. The maximum atomic E-state index is 11.9. The van der Waals surface area contributed by atoms with Crippen molar-refractivity contribution in [2.75, 3.05) is 6.67 Å². The topological polar surface area (TPSA) is 26.0 Å². The minimum Gasteiger partial charge on any atom is -0.324 e. The van der Waals surface area contributed by atoms with Gasteiger partial charge in [-0.15, -0.1) is 0 Å². The number of nitrogens with two attached hydrogens (primary N) is 1. The van der Waals surface area contributed by atoms with Crippen molar-refractivity contribution in [3.8, 4) is 0 Å². The van der Waals surface area contributed by atoms with Gasteiger partial charge in [0.1, 0.15) is 0 Å². The maximum absolute atomic E-state index is 11.9. The second-order valence-electron chi connectivity index (χ2n) is 2.64. The van der Waals surface area contributed by atoms with E-state index in [1.807, 2.05) is 24.3 Å². The molecule has 0 spiro atoms. The Morgan fingerprint density at radius 1 is 1.33 bits per heavy atom. The van der Waals surface area contributed by atoms with Gasteiger partial charge in [-0.25, -0.2) is 0 Å². The number of benzene rings is 1. The molecule has 0 aliphatic carbocycles. The van der Waals surface area contributed by atoms with Crippen molar-refractivity contribution < 1.29 is 4.39 Å². The van der Waals surface area contributed by atoms with E-state index >= 15 is 0 Å². The predicted molar refractivity (Wildman–Crippen MR) is 56.7 cm³/mol. The van der Waals surface area contributed by atoms with Crippen LogP contribution in [0.1, 0.15) is 18.0 Å². The van der Waals surface area contributed by atoms with Gasteiger partial charge in [-0.05, 0) is 46.7 Å². The zero-order valence-electron chi connectivity index (χ0n) is 6.63. The second kappa shape index (κ2) is 4.77. The largest absolute Gasteiger partial charge is 0.324 e. The summed E-state index contributed by atoms with van der Waals surface area (Å²) in [5, 5.41) is 0. The average Bonchev–Trinajstić information content (AvgIpc) is 2.06. The van der Waals surface area contributed by atoms with E-state index in [4.69, 9.17) is 5.73 Å². The van der Waals surface area contributed by atoms with Gasteiger partial charge in [0, 0.05) is 9.61 Å². The third kappa shape index (κ3) is 2.71. The fraction of sp³-hybridized carbons (Fsp3) is 0.333. The van der Waals surface area contributed by atoms with Crippen LogP contribution in [-0.2, 0) is 0 Å². The molecule has 0 heterocycles. The van der Waals surface area contributed by atoms with Crippen LogP contribution in [0.25, 0.3) is 0 Å². The first-order valence-electron chi connectivity index (χ1n) is 3.81. The molecule has 0 unspecified atom stereocenters. The van der Waals surface area contributed by atoms with Gasteiger partial charge in [-0.3, -0.25) is 4.39 Å². The van der Waals surface area contributed by atoms with Crippen molar-refractivity contribution in [3.05, 3.63) is 33.4 Å². The van der Waals surface area contributed by atoms with Gasteiger partial charge in [0.05, 0.1) is 6.67 Å². The monoisotopic (exact) mass is 279 g/mol. The number of rotatable bonds is 3. The molecule has 0 aliphatic heterocycles. The minimum absolute atomic E-state index is 0.160. The van der Waals surface area contributed by atoms with Crippen molar-refractivity contribution in [2.45, 2.75) is 12.5 Å². The first-order valence-corrected chi connectivity index (χ1v) is 4.89. The molecule has 0 saturated carbocycles. The van der Waals surface area contributed by atoms with Crippen molar-refractivity contribution >= 4 is 22.6 Å². The Kier molecular flexibility index (Phi) is 3.94. The molecule has 1 aromatic carbocycles. The lowest BCUT2D eigenvalue weighted by Gasteiger charge is -2.08. The fourth-order valence-corrected chi connectivity index (χ4v) is 1.35. The first kappa shape index (κ1) is 9.92. The normalized spacial score (nSPS) is 12.9. The van der Waals surface area contributed by atoms with E-state index in [-0.39, 0.29) is 12.7 Å². The molecule has 0 radical (unpaired) electrons. The molecule has 3 heteroatoms. The van der Waals surface area contributed by atoms with Crippen molar-refractivity contribution in [1.29, 1.82) is 0 Å². The van der Waals surface area contributed by atoms with Gasteiger partial charge in [-0.1, -0.05) is 12.1 Å².